The number of amides is 2. The Kier molecular flexibility index (Phi) is 4.87. The van der Waals surface area contributed by atoms with E-state index in [9.17, 15) is 9.59 Å². The normalized spacial score (nSPS) is 17.1. The molecule has 2 aromatic heterocycles. The number of imidazole rings is 1. The summed E-state index contributed by atoms with van der Waals surface area (Å²) < 4.78 is 1.95. The molecule has 6 heteroatoms. The third kappa shape index (κ3) is 3.84. The Morgan fingerprint density at radius 2 is 1.96 bits per heavy atom. The van der Waals surface area contributed by atoms with Gasteiger partial charge in [0.15, 0.2) is 0 Å². The van der Waals surface area contributed by atoms with Crippen LogP contribution in [0.1, 0.15) is 17.7 Å². The molecule has 1 aromatic carbocycles. The molecule has 0 aliphatic carbocycles. The van der Waals surface area contributed by atoms with Crippen LogP contribution in [0.25, 0.3) is 5.65 Å². The Morgan fingerprint density at radius 1 is 1.15 bits per heavy atom. The Morgan fingerprint density at radius 3 is 2.78 bits per heavy atom. The molecule has 27 heavy (non-hydrogen) atoms. The van der Waals surface area contributed by atoms with E-state index in [-0.39, 0.29) is 11.8 Å². The number of carbonyl (C=O) groups is 2. The summed E-state index contributed by atoms with van der Waals surface area (Å²) in [4.78, 5) is 31.5. The van der Waals surface area contributed by atoms with E-state index in [1.807, 2.05) is 65.3 Å². The number of rotatable bonds is 5. The van der Waals surface area contributed by atoms with E-state index < -0.39 is 6.04 Å². The van der Waals surface area contributed by atoms with Crippen molar-refractivity contribution in [1.82, 2.24) is 19.6 Å². The van der Waals surface area contributed by atoms with Gasteiger partial charge in [-0.25, -0.2) is 4.98 Å². The Hall–Kier alpha value is -3.15. The predicted molar refractivity (Wildman–Crippen MR) is 102 cm³/mol. The number of fused-ring (bicyclic) bond motifs is 1. The second-order valence-corrected chi connectivity index (χ2v) is 6.78. The fourth-order valence-electron chi connectivity index (χ4n) is 3.54. The van der Waals surface area contributed by atoms with Crippen molar-refractivity contribution >= 4 is 17.5 Å². The van der Waals surface area contributed by atoms with Crippen molar-refractivity contribution in [2.45, 2.75) is 25.3 Å². The minimum atomic E-state index is -0.449. The molecule has 1 aliphatic heterocycles. The first-order chi connectivity index (χ1) is 13.2. The molecule has 0 bridgehead atoms. The summed E-state index contributed by atoms with van der Waals surface area (Å²) in [7, 11) is 0. The number of benzene rings is 1. The fraction of sp³-hybridized carbons (Fsp3) is 0.286. The summed E-state index contributed by atoms with van der Waals surface area (Å²) in [5.74, 6) is -0.0750. The van der Waals surface area contributed by atoms with Gasteiger partial charge in [0.2, 0.25) is 11.8 Å². The van der Waals surface area contributed by atoms with Crippen LogP contribution < -0.4 is 5.32 Å². The van der Waals surface area contributed by atoms with Gasteiger partial charge in [0.25, 0.3) is 0 Å². The summed E-state index contributed by atoms with van der Waals surface area (Å²) in [6.45, 7) is 1.05. The van der Waals surface area contributed by atoms with Gasteiger partial charge in [0.1, 0.15) is 11.7 Å². The van der Waals surface area contributed by atoms with Crippen LogP contribution in [0.2, 0.25) is 0 Å². The molecule has 6 nitrogen and oxygen atoms in total. The van der Waals surface area contributed by atoms with Gasteiger partial charge in [-0.05, 0) is 24.1 Å². The van der Waals surface area contributed by atoms with E-state index in [0.29, 0.717) is 32.4 Å². The Labute approximate surface area is 157 Å². The fourth-order valence-corrected chi connectivity index (χ4v) is 3.54. The highest BCUT2D eigenvalue weighted by molar-refractivity contribution is 5.89. The van der Waals surface area contributed by atoms with E-state index in [1.165, 1.54) is 0 Å². The van der Waals surface area contributed by atoms with Crippen LogP contribution in [-0.4, -0.2) is 45.2 Å². The van der Waals surface area contributed by atoms with Crippen LogP contribution in [0.4, 0.5) is 0 Å². The minimum absolute atomic E-state index is 0.00263. The van der Waals surface area contributed by atoms with Crippen molar-refractivity contribution < 1.29 is 9.59 Å². The maximum atomic E-state index is 12.8. The SMILES string of the molecule is O=C1NCCN(C(=O)CCc2cn3ccccc3n2)[C@@H]1Cc1ccccc1. The van der Waals surface area contributed by atoms with Crippen LogP contribution in [0.5, 0.6) is 0 Å². The first-order valence-electron chi connectivity index (χ1n) is 9.24. The summed E-state index contributed by atoms with van der Waals surface area (Å²) in [6, 6.07) is 15.2. The van der Waals surface area contributed by atoms with Gasteiger partial charge in [0.05, 0.1) is 5.69 Å². The average Bonchev–Trinajstić information content (AvgIpc) is 3.11. The second kappa shape index (κ2) is 7.61. The van der Waals surface area contributed by atoms with E-state index in [4.69, 9.17) is 0 Å². The number of aryl methyl sites for hydroxylation is 1. The highest BCUT2D eigenvalue weighted by Gasteiger charge is 2.32. The molecule has 0 unspecified atom stereocenters. The monoisotopic (exact) mass is 362 g/mol. The van der Waals surface area contributed by atoms with Crippen molar-refractivity contribution in [3.8, 4) is 0 Å². The van der Waals surface area contributed by atoms with E-state index in [2.05, 4.69) is 10.3 Å². The van der Waals surface area contributed by atoms with Crippen LogP contribution in [-0.2, 0) is 22.4 Å². The summed E-state index contributed by atoms with van der Waals surface area (Å²) in [5, 5.41) is 2.88. The van der Waals surface area contributed by atoms with Crippen LogP contribution >= 0.6 is 0 Å². The largest absolute Gasteiger partial charge is 0.353 e. The molecule has 2 amide bonds. The van der Waals surface area contributed by atoms with Crippen molar-refractivity contribution in [3.05, 3.63) is 72.2 Å². The van der Waals surface area contributed by atoms with Gasteiger partial charge < -0.3 is 14.6 Å². The zero-order valence-electron chi connectivity index (χ0n) is 15.0. The number of hydrogen-bond acceptors (Lipinski definition) is 3. The molecule has 1 fully saturated rings. The number of nitrogens with zero attached hydrogens (tertiary/aromatic N) is 3. The molecule has 3 aromatic rings. The van der Waals surface area contributed by atoms with Crippen LogP contribution in [0.15, 0.2) is 60.9 Å². The third-order valence-electron chi connectivity index (χ3n) is 4.93. The van der Waals surface area contributed by atoms with Crippen molar-refractivity contribution in [3.63, 3.8) is 0 Å². The highest BCUT2D eigenvalue weighted by Crippen LogP contribution is 2.15. The molecule has 1 atom stereocenters. The number of piperazine rings is 1. The van der Waals surface area contributed by atoms with Crippen LogP contribution in [0.3, 0.4) is 0 Å². The molecule has 3 heterocycles. The highest BCUT2D eigenvalue weighted by atomic mass is 16.2. The predicted octanol–water partition coefficient (Wildman–Crippen LogP) is 1.84. The number of carbonyl (C=O) groups excluding carboxylic acids is 2. The topological polar surface area (TPSA) is 66.7 Å². The maximum Gasteiger partial charge on any atom is 0.243 e. The molecule has 1 aliphatic rings. The van der Waals surface area contributed by atoms with Crippen molar-refractivity contribution in [2.75, 3.05) is 13.1 Å². The number of pyridine rings is 1. The number of aromatic nitrogens is 2. The minimum Gasteiger partial charge on any atom is -0.353 e. The third-order valence-corrected chi connectivity index (χ3v) is 4.93. The van der Waals surface area contributed by atoms with Gasteiger partial charge in [-0.2, -0.15) is 0 Å². The quantitative estimate of drug-likeness (QED) is 0.753. The molecule has 0 spiro atoms. The van der Waals surface area contributed by atoms with Crippen LogP contribution in [0, 0.1) is 0 Å². The van der Waals surface area contributed by atoms with Gasteiger partial charge in [-0.3, -0.25) is 9.59 Å². The molecule has 1 saturated heterocycles. The second-order valence-electron chi connectivity index (χ2n) is 6.78. The smallest absolute Gasteiger partial charge is 0.243 e. The average molecular weight is 362 g/mol. The standard InChI is InChI=1S/C21H22N4O2/c26-20(10-9-17-15-24-12-5-4-8-19(24)23-17)25-13-11-22-21(27)18(25)14-16-6-2-1-3-7-16/h1-8,12,15,18H,9-11,13-14H2,(H,22,27)/t18-/m1/s1. The summed E-state index contributed by atoms with van der Waals surface area (Å²) in [6.07, 6.45) is 5.34. The molecule has 138 valence electrons. The lowest BCUT2D eigenvalue weighted by Crippen LogP contribution is -2.58. The zero-order chi connectivity index (χ0) is 18.6. The summed E-state index contributed by atoms with van der Waals surface area (Å²) >= 11 is 0. The van der Waals surface area contributed by atoms with Crippen molar-refractivity contribution in [2.24, 2.45) is 0 Å². The molecule has 0 saturated carbocycles. The van der Waals surface area contributed by atoms with E-state index in [0.717, 1.165) is 16.9 Å². The molecule has 1 N–H and O–H groups in total. The van der Waals surface area contributed by atoms with Gasteiger partial charge in [0, 0.05) is 38.3 Å². The van der Waals surface area contributed by atoms with Gasteiger partial charge in [-0.15, -0.1) is 0 Å². The number of hydrogen-bond donors (Lipinski definition) is 1. The lowest BCUT2D eigenvalue weighted by Gasteiger charge is -2.35. The first kappa shape index (κ1) is 17.3. The molecular weight excluding hydrogens is 340 g/mol. The van der Waals surface area contributed by atoms with Gasteiger partial charge >= 0.3 is 0 Å². The first-order valence-corrected chi connectivity index (χ1v) is 9.24. The molecule has 4 rings (SSSR count). The Bertz CT molecular complexity index is 918. The van der Waals surface area contributed by atoms with E-state index >= 15 is 0 Å². The molecule has 0 radical (unpaired) electrons. The van der Waals surface area contributed by atoms with Crippen molar-refractivity contribution in [1.29, 1.82) is 0 Å². The van der Waals surface area contributed by atoms with E-state index in [1.54, 1.807) is 4.90 Å². The lowest BCUT2D eigenvalue weighted by atomic mass is 10.0. The zero-order valence-corrected chi connectivity index (χ0v) is 15.0. The summed E-state index contributed by atoms with van der Waals surface area (Å²) in [5.41, 5.74) is 2.81. The number of nitrogens with one attached hydrogen (secondary N) is 1. The Balaban J connectivity index is 1.44. The lowest BCUT2D eigenvalue weighted by molar-refractivity contribution is -0.143. The molecular formula is C21H22N4O2. The van der Waals surface area contributed by atoms with Gasteiger partial charge in [-0.1, -0.05) is 36.4 Å². The maximum absolute atomic E-state index is 12.8.